The first-order valence-corrected chi connectivity index (χ1v) is 14.4. The minimum atomic E-state index is -1.39. The summed E-state index contributed by atoms with van der Waals surface area (Å²) in [4.78, 5) is 16.2. The van der Waals surface area contributed by atoms with Crippen LogP contribution in [0.3, 0.4) is 0 Å². The van der Waals surface area contributed by atoms with Crippen LogP contribution in [0.4, 0.5) is 10.2 Å². The van der Waals surface area contributed by atoms with E-state index in [9.17, 15) is 0 Å². The fraction of sp³-hybridized carbons (Fsp3) is 0.469. The van der Waals surface area contributed by atoms with Gasteiger partial charge in [0.05, 0.1) is 26.0 Å². The Kier molecular flexibility index (Phi) is 6.86. The number of anilines is 1. The summed E-state index contributed by atoms with van der Waals surface area (Å²) in [6.07, 6.45) is 8.98. The minimum absolute atomic E-state index is 0.270. The van der Waals surface area contributed by atoms with Gasteiger partial charge in [0.2, 0.25) is 0 Å². The number of fused-ring (bicyclic) bond motifs is 2. The molecule has 0 N–H and O–H groups in total. The Balaban J connectivity index is 1.58. The first-order valence-electron chi connectivity index (χ1n) is 14.1. The van der Waals surface area contributed by atoms with Gasteiger partial charge in [-0.25, -0.2) is 4.39 Å². The van der Waals surface area contributed by atoms with Gasteiger partial charge < -0.3 is 14.4 Å². The Morgan fingerprint density at radius 2 is 2.08 bits per heavy atom. The predicted octanol–water partition coefficient (Wildman–Crippen LogP) is 6.78. The van der Waals surface area contributed by atoms with Crippen molar-refractivity contribution in [1.29, 1.82) is 0 Å². The third-order valence-electron chi connectivity index (χ3n) is 8.84. The van der Waals surface area contributed by atoms with Crippen molar-refractivity contribution in [3.63, 3.8) is 0 Å². The maximum absolute atomic E-state index is 15.9. The molecule has 210 valence electrons. The SMILES string of the molecule is C=Cc1c(C)cc(Cl)c(C2(F)CC2)c1CC1=C(/C=C\N=C)c2c(N3CCOCC(C)C3)nc(OC)nc2C12CC2. The van der Waals surface area contributed by atoms with Crippen molar-refractivity contribution in [2.24, 2.45) is 10.9 Å². The van der Waals surface area contributed by atoms with Gasteiger partial charge in [-0.05, 0) is 91.6 Å². The lowest BCUT2D eigenvalue weighted by Crippen LogP contribution is -2.31. The highest BCUT2D eigenvalue weighted by molar-refractivity contribution is 6.31. The van der Waals surface area contributed by atoms with Crippen LogP contribution in [-0.2, 0) is 22.2 Å². The first-order chi connectivity index (χ1) is 19.3. The first kappa shape index (κ1) is 27.2. The summed E-state index contributed by atoms with van der Waals surface area (Å²) in [5.41, 5.74) is 6.02. The Hall–Kier alpha value is -3.03. The van der Waals surface area contributed by atoms with Gasteiger partial charge in [0.15, 0.2) is 0 Å². The van der Waals surface area contributed by atoms with E-state index in [-0.39, 0.29) is 5.41 Å². The van der Waals surface area contributed by atoms with Crippen molar-refractivity contribution in [2.75, 3.05) is 38.3 Å². The molecule has 2 heterocycles. The van der Waals surface area contributed by atoms with Crippen molar-refractivity contribution in [3.8, 4) is 6.01 Å². The van der Waals surface area contributed by atoms with Gasteiger partial charge >= 0.3 is 6.01 Å². The summed E-state index contributed by atoms with van der Waals surface area (Å²) in [6.45, 7) is 14.9. The second kappa shape index (κ2) is 10.1. The molecule has 0 radical (unpaired) electrons. The van der Waals surface area contributed by atoms with Gasteiger partial charge in [0.1, 0.15) is 11.5 Å². The number of allylic oxidation sites excluding steroid dienone is 3. The van der Waals surface area contributed by atoms with E-state index in [4.69, 9.17) is 31.0 Å². The van der Waals surface area contributed by atoms with E-state index < -0.39 is 5.67 Å². The number of hydrogen-bond acceptors (Lipinski definition) is 6. The highest BCUT2D eigenvalue weighted by Crippen LogP contribution is 2.64. The molecule has 40 heavy (non-hydrogen) atoms. The van der Waals surface area contributed by atoms with E-state index in [0.717, 1.165) is 65.3 Å². The fourth-order valence-electron chi connectivity index (χ4n) is 6.65. The molecule has 1 unspecified atom stereocenters. The second-order valence-corrected chi connectivity index (χ2v) is 12.1. The number of rotatable bonds is 8. The molecule has 4 aliphatic rings. The fourth-order valence-corrected chi connectivity index (χ4v) is 7.10. The van der Waals surface area contributed by atoms with E-state index in [1.807, 2.05) is 25.1 Å². The summed E-state index contributed by atoms with van der Waals surface area (Å²) in [6, 6.07) is 2.23. The van der Waals surface area contributed by atoms with Crippen LogP contribution < -0.4 is 9.64 Å². The van der Waals surface area contributed by atoms with Crippen LogP contribution in [0.5, 0.6) is 6.01 Å². The zero-order chi connectivity index (χ0) is 28.2. The summed E-state index contributed by atoms with van der Waals surface area (Å²) in [5.74, 6) is 1.19. The zero-order valence-electron chi connectivity index (χ0n) is 23.5. The molecule has 1 aromatic heterocycles. The molecule has 1 aromatic carbocycles. The van der Waals surface area contributed by atoms with Gasteiger partial charge in [-0.15, -0.1) is 0 Å². The summed E-state index contributed by atoms with van der Waals surface area (Å²) < 4.78 is 27.4. The Bertz CT molecular complexity index is 1460. The zero-order valence-corrected chi connectivity index (χ0v) is 24.3. The van der Waals surface area contributed by atoms with Crippen LogP contribution in [0, 0.1) is 12.8 Å². The molecule has 2 saturated carbocycles. The lowest BCUT2D eigenvalue weighted by atomic mass is 9.83. The molecule has 1 saturated heterocycles. The van der Waals surface area contributed by atoms with Crippen LogP contribution in [0.2, 0.25) is 5.02 Å². The van der Waals surface area contributed by atoms with Crippen LogP contribution in [-0.4, -0.2) is 50.1 Å². The van der Waals surface area contributed by atoms with Crippen molar-refractivity contribution in [3.05, 3.63) is 69.0 Å². The van der Waals surface area contributed by atoms with Gasteiger partial charge in [-0.1, -0.05) is 31.2 Å². The number of benzene rings is 1. The summed E-state index contributed by atoms with van der Waals surface area (Å²) in [7, 11) is 1.61. The van der Waals surface area contributed by atoms with E-state index in [2.05, 4.69) is 30.1 Å². The number of aliphatic imine (C=N–C) groups is 1. The molecule has 6 rings (SSSR count). The third kappa shape index (κ3) is 4.38. The molecule has 2 aromatic rings. The molecule has 3 fully saturated rings. The van der Waals surface area contributed by atoms with Gasteiger partial charge in [0.25, 0.3) is 0 Å². The minimum Gasteiger partial charge on any atom is -0.467 e. The van der Waals surface area contributed by atoms with Crippen molar-refractivity contribution in [2.45, 2.75) is 57.0 Å². The van der Waals surface area contributed by atoms with Crippen molar-refractivity contribution >= 4 is 35.8 Å². The molecule has 1 atom stereocenters. The largest absolute Gasteiger partial charge is 0.467 e. The van der Waals surface area contributed by atoms with E-state index in [0.29, 0.717) is 55.0 Å². The third-order valence-corrected chi connectivity index (χ3v) is 9.14. The van der Waals surface area contributed by atoms with E-state index in [1.54, 1.807) is 13.3 Å². The van der Waals surface area contributed by atoms with E-state index in [1.165, 1.54) is 5.57 Å². The summed E-state index contributed by atoms with van der Waals surface area (Å²) in [5, 5.41) is 0.490. The average Bonchev–Trinajstić information content (AvgIpc) is 3.85. The number of methoxy groups -OCH3 is 1. The molecule has 0 amide bonds. The van der Waals surface area contributed by atoms with Crippen LogP contribution in [0.15, 0.2) is 35.5 Å². The van der Waals surface area contributed by atoms with E-state index >= 15 is 4.39 Å². The molecule has 1 spiro atoms. The Morgan fingerprint density at radius 3 is 2.73 bits per heavy atom. The maximum atomic E-state index is 15.9. The number of aromatic nitrogens is 2. The smallest absolute Gasteiger partial charge is 0.318 e. The number of hydrogen-bond donors (Lipinski definition) is 0. The molecule has 8 heteroatoms. The lowest BCUT2D eigenvalue weighted by molar-refractivity contribution is 0.129. The van der Waals surface area contributed by atoms with Gasteiger partial charge in [-0.2, -0.15) is 9.97 Å². The maximum Gasteiger partial charge on any atom is 0.318 e. The molecule has 0 bridgehead atoms. The topological polar surface area (TPSA) is 59.8 Å². The molecule has 3 aliphatic carbocycles. The number of alkyl halides is 1. The normalized spacial score (nSPS) is 22.4. The highest BCUT2D eigenvalue weighted by atomic mass is 35.5. The number of ether oxygens (including phenoxy) is 2. The molecular formula is C32H36ClFN4O2. The summed E-state index contributed by atoms with van der Waals surface area (Å²) >= 11 is 6.78. The molecule has 6 nitrogen and oxygen atoms in total. The quantitative estimate of drug-likeness (QED) is 0.332. The Morgan fingerprint density at radius 1 is 1.30 bits per heavy atom. The van der Waals surface area contributed by atoms with Gasteiger partial charge in [0, 0.05) is 40.9 Å². The monoisotopic (exact) mass is 562 g/mol. The standard InChI is InChI=1S/C32H36ClFN4O2/c1-6-21-20(3)15-25(33)27(32(34)10-11-32)23(21)16-24-22(7-12-35-4)26-28(31(24)8-9-31)36-30(39-5)37-29(26)38-13-14-40-18-19(2)17-38/h6-7,12,15,19H,1,4,8-11,13-14,16-18H2,2-3,5H3/b12-7-. The predicted molar refractivity (Wildman–Crippen MR) is 159 cm³/mol. The molecule has 1 aliphatic heterocycles. The van der Waals surface area contributed by atoms with Crippen molar-refractivity contribution < 1.29 is 13.9 Å². The van der Waals surface area contributed by atoms with Crippen molar-refractivity contribution in [1.82, 2.24) is 9.97 Å². The number of halogens is 2. The van der Waals surface area contributed by atoms with Gasteiger partial charge in [-0.3, -0.25) is 4.99 Å². The van der Waals surface area contributed by atoms with Crippen LogP contribution in [0.1, 0.15) is 66.1 Å². The van der Waals surface area contributed by atoms with Crippen LogP contribution >= 0.6 is 11.6 Å². The number of nitrogens with zero attached hydrogens (tertiary/aromatic N) is 4. The lowest BCUT2D eigenvalue weighted by Gasteiger charge is -2.26. The molecular weight excluding hydrogens is 527 g/mol. The number of aryl methyl sites for hydroxylation is 1. The average molecular weight is 563 g/mol. The second-order valence-electron chi connectivity index (χ2n) is 11.6. The Labute approximate surface area is 240 Å². The van der Waals surface area contributed by atoms with Crippen LogP contribution in [0.25, 0.3) is 11.6 Å². The highest BCUT2D eigenvalue weighted by Gasteiger charge is 2.57.